The van der Waals surface area contributed by atoms with Crippen LogP contribution in [0.2, 0.25) is 0 Å². The van der Waals surface area contributed by atoms with Crippen molar-refractivity contribution in [2.75, 3.05) is 0 Å². The Bertz CT molecular complexity index is 3040. The van der Waals surface area contributed by atoms with Gasteiger partial charge < -0.3 is 0 Å². The summed E-state index contributed by atoms with van der Waals surface area (Å²) in [6, 6.07) is 64.0. The van der Waals surface area contributed by atoms with Gasteiger partial charge in [0.05, 0.1) is 0 Å². The smallest absolute Gasteiger partial charge is 0.0165 e. The molecule has 54 heavy (non-hydrogen) atoms. The zero-order chi connectivity index (χ0) is 36.3. The van der Waals surface area contributed by atoms with Crippen LogP contribution in [-0.2, 0) is 10.8 Å². The van der Waals surface area contributed by atoms with Gasteiger partial charge in [0.25, 0.3) is 0 Å². The van der Waals surface area contributed by atoms with Crippen LogP contribution in [0.3, 0.4) is 0 Å². The lowest BCUT2D eigenvalue weighted by atomic mass is 9.76. The van der Waals surface area contributed by atoms with Gasteiger partial charge in [0, 0.05) is 10.8 Å². The molecule has 256 valence electrons. The minimum Gasteiger partial charge on any atom is -0.0619 e. The maximum absolute atomic E-state index is 2.49. The molecule has 0 saturated heterocycles. The van der Waals surface area contributed by atoms with Crippen molar-refractivity contribution in [3.63, 3.8) is 0 Å². The third-order valence-electron chi connectivity index (χ3n) is 12.8. The van der Waals surface area contributed by atoms with Crippen molar-refractivity contribution in [3.05, 3.63) is 192 Å². The molecule has 0 amide bonds. The van der Waals surface area contributed by atoms with Gasteiger partial charge in [0.2, 0.25) is 0 Å². The largest absolute Gasteiger partial charge is 0.0619 e. The molecule has 11 rings (SSSR count). The maximum Gasteiger partial charge on any atom is 0.0165 e. The van der Waals surface area contributed by atoms with Gasteiger partial charge in [-0.05, 0) is 122 Å². The van der Waals surface area contributed by atoms with E-state index < -0.39 is 0 Å². The Morgan fingerprint density at radius 2 is 0.815 bits per heavy atom. The maximum atomic E-state index is 2.49. The van der Waals surface area contributed by atoms with Crippen molar-refractivity contribution >= 4 is 32.3 Å². The van der Waals surface area contributed by atoms with Gasteiger partial charge in [-0.2, -0.15) is 0 Å². The molecule has 9 aromatic rings. The molecule has 2 aliphatic carbocycles. The molecule has 0 unspecified atom stereocenters. The summed E-state index contributed by atoms with van der Waals surface area (Å²) >= 11 is 0. The summed E-state index contributed by atoms with van der Waals surface area (Å²) in [6.45, 7) is 9.58. The van der Waals surface area contributed by atoms with Crippen molar-refractivity contribution in [1.82, 2.24) is 0 Å². The first kappa shape index (κ1) is 31.3. The molecule has 0 heteroatoms. The van der Waals surface area contributed by atoms with Crippen LogP contribution in [0.4, 0.5) is 0 Å². The third kappa shape index (κ3) is 4.20. The third-order valence-corrected chi connectivity index (χ3v) is 12.8. The lowest BCUT2D eigenvalue weighted by Crippen LogP contribution is -2.16. The van der Waals surface area contributed by atoms with E-state index in [4.69, 9.17) is 0 Å². The number of rotatable bonds is 3. The van der Waals surface area contributed by atoms with E-state index in [1.54, 1.807) is 0 Å². The van der Waals surface area contributed by atoms with Crippen LogP contribution in [0.15, 0.2) is 170 Å². The quantitative estimate of drug-likeness (QED) is 0.162. The molecular weight excluding hydrogens is 649 g/mol. The van der Waals surface area contributed by atoms with Gasteiger partial charge in [0.1, 0.15) is 0 Å². The summed E-state index contributed by atoms with van der Waals surface area (Å²) < 4.78 is 0. The normalized spacial score (nSPS) is 14.6. The van der Waals surface area contributed by atoms with E-state index in [-0.39, 0.29) is 10.8 Å². The molecule has 0 heterocycles. The first-order chi connectivity index (χ1) is 26.3. The van der Waals surface area contributed by atoms with Crippen LogP contribution in [-0.4, -0.2) is 0 Å². The average molecular weight is 689 g/mol. The summed E-state index contributed by atoms with van der Waals surface area (Å²) in [5, 5.41) is 7.68. The summed E-state index contributed by atoms with van der Waals surface area (Å²) in [5.74, 6) is 0. The van der Waals surface area contributed by atoms with Crippen molar-refractivity contribution in [3.8, 4) is 55.6 Å². The lowest BCUT2D eigenvalue weighted by Gasteiger charge is -2.27. The van der Waals surface area contributed by atoms with Gasteiger partial charge >= 0.3 is 0 Å². The summed E-state index contributed by atoms with van der Waals surface area (Å²) in [7, 11) is 0. The fraction of sp³-hybridized carbons (Fsp3) is 0.111. The molecule has 0 N–H and O–H groups in total. The second kappa shape index (κ2) is 11.1. The standard InChI is InChI=1S/C54H40/c1-53(2)47-25-12-10-20-42(47)51-43(22-14-26-48(51)53)50-39-19-8-7-18-38(39)49(44-23-13-21-41-37-17-9-11-24-46(37)54(3,4)52(41)44)40-30-29-36(32-45(40)50)35-28-27-33-15-5-6-16-34(33)31-35/h5-32H,1-4H3. The molecule has 9 aromatic carbocycles. The fourth-order valence-electron chi connectivity index (χ4n) is 10.3. The van der Waals surface area contributed by atoms with Crippen LogP contribution in [0, 0.1) is 0 Å². The minimum atomic E-state index is -0.144. The first-order valence-corrected chi connectivity index (χ1v) is 19.3. The Balaban J connectivity index is 1.29. The Morgan fingerprint density at radius 3 is 1.61 bits per heavy atom. The highest BCUT2D eigenvalue weighted by atomic mass is 14.4. The SMILES string of the molecule is CC1(C)c2ccccc2-c2c(-c3c4ccccc4c(-c4cccc5c4C(C)(C)c4ccccc4-5)c4ccc(-c5ccc6ccccc6c5)cc34)cccc21. The molecule has 0 nitrogen and oxygen atoms in total. The van der Waals surface area contributed by atoms with Gasteiger partial charge in [-0.1, -0.05) is 185 Å². The number of hydrogen-bond acceptors (Lipinski definition) is 0. The zero-order valence-corrected chi connectivity index (χ0v) is 31.2. The number of benzene rings is 9. The van der Waals surface area contributed by atoms with Crippen molar-refractivity contribution < 1.29 is 0 Å². The molecule has 0 aliphatic heterocycles. The predicted molar refractivity (Wildman–Crippen MR) is 230 cm³/mol. The monoisotopic (exact) mass is 688 g/mol. The summed E-state index contributed by atoms with van der Waals surface area (Å²) in [4.78, 5) is 0. The van der Waals surface area contributed by atoms with Gasteiger partial charge in [-0.25, -0.2) is 0 Å². The molecule has 0 spiro atoms. The minimum absolute atomic E-state index is 0.0884. The molecule has 0 radical (unpaired) electrons. The van der Waals surface area contributed by atoms with Crippen LogP contribution in [0.1, 0.15) is 49.9 Å². The number of fused-ring (bicyclic) bond motifs is 9. The van der Waals surface area contributed by atoms with Crippen LogP contribution in [0.25, 0.3) is 88.0 Å². The first-order valence-electron chi connectivity index (χ1n) is 19.3. The van der Waals surface area contributed by atoms with E-state index in [1.165, 1.54) is 110 Å². The van der Waals surface area contributed by atoms with Crippen LogP contribution >= 0.6 is 0 Å². The molecule has 0 bridgehead atoms. The molecule has 2 aliphatic rings. The molecule has 0 aromatic heterocycles. The van der Waals surface area contributed by atoms with E-state index in [1.807, 2.05) is 0 Å². The zero-order valence-electron chi connectivity index (χ0n) is 31.2. The van der Waals surface area contributed by atoms with E-state index >= 15 is 0 Å². The highest BCUT2D eigenvalue weighted by Crippen LogP contribution is 2.57. The summed E-state index contributed by atoms with van der Waals surface area (Å²) in [5.41, 5.74) is 18.5. The van der Waals surface area contributed by atoms with Crippen LogP contribution in [0.5, 0.6) is 0 Å². The lowest BCUT2D eigenvalue weighted by molar-refractivity contribution is 0.660. The second-order valence-corrected chi connectivity index (χ2v) is 16.4. The fourth-order valence-corrected chi connectivity index (χ4v) is 10.3. The summed E-state index contributed by atoms with van der Waals surface area (Å²) in [6.07, 6.45) is 0. The average Bonchev–Trinajstić information content (AvgIpc) is 3.59. The highest BCUT2D eigenvalue weighted by Gasteiger charge is 2.39. The van der Waals surface area contributed by atoms with Crippen LogP contribution < -0.4 is 0 Å². The Hall–Kier alpha value is -6.24. The topological polar surface area (TPSA) is 0 Å². The van der Waals surface area contributed by atoms with Crippen molar-refractivity contribution in [2.45, 2.75) is 38.5 Å². The molecular formula is C54H40. The van der Waals surface area contributed by atoms with Crippen molar-refractivity contribution in [1.29, 1.82) is 0 Å². The Kier molecular flexibility index (Phi) is 6.46. The molecule has 0 fully saturated rings. The Labute approximate surface area is 317 Å². The van der Waals surface area contributed by atoms with E-state index in [0.717, 1.165) is 0 Å². The second-order valence-electron chi connectivity index (χ2n) is 16.4. The highest BCUT2D eigenvalue weighted by molar-refractivity contribution is 6.24. The Morgan fingerprint density at radius 1 is 0.296 bits per heavy atom. The van der Waals surface area contributed by atoms with E-state index in [9.17, 15) is 0 Å². The van der Waals surface area contributed by atoms with Crippen molar-refractivity contribution in [2.24, 2.45) is 0 Å². The van der Waals surface area contributed by atoms with E-state index in [0.29, 0.717) is 0 Å². The molecule has 0 saturated carbocycles. The van der Waals surface area contributed by atoms with Gasteiger partial charge in [-0.15, -0.1) is 0 Å². The van der Waals surface area contributed by atoms with E-state index in [2.05, 4.69) is 198 Å². The molecule has 0 atom stereocenters. The van der Waals surface area contributed by atoms with Gasteiger partial charge in [0.15, 0.2) is 0 Å². The number of hydrogen-bond donors (Lipinski definition) is 0. The predicted octanol–water partition coefficient (Wildman–Crippen LogP) is 14.8. The van der Waals surface area contributed by atoms with Gasteiger partial charge in [-0.3, -0.25) is 0 Å².